The van der Waals surface area contributed by atoms with Crippen molar-refractivity contribution in [1.82, 2.24) is 0 Å². The summed E-state index contributed by atoms with van der Waals surface area (Å²) in [4.78, 5) is 38.2. The number of allylic oxidation sites excluding steroid dienone is 12. The van der Waals surface area contributed by atoms with Crippen LogP contribution >= 0.6 is 0 Å². The highest BCUT2D eigenvalue weighted by molar-refractivity contribution is 5.71. The van der Waals surface area contributed by atoms with E-state index in [4.69, 9.17) is 14.2 Å². The quantitative estimate of drug-likeness (QED) is 0.0261. The van der Waals surface area contributed by atoms with Crippen molar-refractivity contribution in [1.29, 1.82) is 0 Å². The van der Waals surface area contributed by atoms with Gasteiger partial charge in [-0.25, -0.2) is 0 Å². The van der Waals surface area contributed by atoms with Crippen LogP contribution in [0.1, 0.15) is 355 Å². The van der Waals surface area contributed by atoms with Crippen LogP contribution < -0.4 is 0 Å². The number of hydrogen-bond acceptors (Lipinski definition) is 6. The predicted octanol–water partition coefficient (Wildman–Crippen LogP) is 23.7. The second kappa shape index (κ2) is 67.4. The molecular formula is C73H130O6. The van der Waals surface area contributed by atoms with Gasteiger partial charge in [0.05, 0.1) is 0 Å². The van der Waals surface area contributed by atoms with Crippen molar-refractivity contribution in [3.05, 3.63) is 72.9 Å². The fourth-order valence-electron chi connectivity index (χ4n) is 10.1. The molecule has 0 aliphatic carbocycles. The highest BCUT2D eigenvalue weighted by Crippen LogP contribution is 2.18. The average molecular weight is 1100 g/mol. The van der Waals surface area contributed by atoms with Crippen molar-refractivity contribution >= 4 is 17.9 Å². The predicted molar refractivity (Wildman–Crippen MR) is 344 cm³/mol. The third kappa shape index (κ3) is 65.5. The largest absolute Gasteiger partial charge is 0.462 e. The molecule has 0 aliphatic heterocycles. The molecule has 6 heteroatoms. The van der Waals surface area contributed by atoms with Gasteiger partial charge in [-0.05, 0) is 89.9 Å². The Balaban J connectivity index is 4.09. The van der Waals surface area contributed by atoms with Gasteiger partial charge in [-0.3, -0.25) is 14.4 Å². The SMILES string of the molecule is CC/C=C\C/C=C\C/C=C\C/C=C\C/C=C\CCCCCC(=O)OC(COC(=O)CCCCCCCCCCC)COC(=O)CCCCCCCCCCCCCCCCCCCCCCC/C=C\CCCCCCCCCC. The van der Waals surface area contributed by atoms with Gasteiger partial charge in [0.15, 0.2) is 6.10 Å². The molecule has 1 unspecified atom stereocenters. The van der Waals surface area contributed by atoms with Gasteiger partial charge in [0.2, 0.25) is 0 Å². The Morgan fingerprint density at radius 1 is 0.266 bits per heavy atom. The Hall–Kier alpha value is -3.15. The summed E-state index contributed by atoms with van der Waals surface area (Å²) in [5.74, 6) is -0.904. The van der Waals surface area contributed by atoms with Crippen LogP contribution in [0.25, 0.3) is 0 Å². The molecule has 79 heavy (non-hydrogen) atoms. The second-order valence-electron chi connectivity index (χ2n) is 23.1. The van der Waals surface area contributed by atoms with Crippen LogP contribution in [0.2, 0.25) is 0 Å². The summed E-state index contributed by atoms with van der Waals surface area (Å²) in [5, 5.41) is 0. The van der Waals surface area contributed by atoms with Crippen molar-refractivity contribution < 1.29 is 28.6 Å². The first-order valence-corrected chi connectivity index (χ1v) is 34.4. The molecule has 0 aromatic carbocycles. The first kappa shape index (κ1) is 75.8. The summed E-state index contributed by atoms with van der Waals surface area (Å²) in [6.45, 7) is 6.52. The molecule has 0 aliphatic rings. The van der Waals surface area contributed by atoms with E-state index in [-0.39, 0.29) is 31.1 Å². The molecule has 0 aromatic rings. The van der Waals surface area contributed by atoms with Crippen LogP contribution in [0, 0.1) is 0 Å². The van der Waals surface area contributed by atoms with E-state index in [9.17, 15) is 14.4 Å². The monoisotopic (exact) mass is 1100 g/mol. The number of rotatable bonds is 63. The van der Waals surface area contributed by atoms with Gasteiger partial charge in [-0.1, -0.05) is 318 Å². The van der Waals surface area contributed by atoms with Crippen LogP contribution in [0.4, 0.5) is 0 Å². The third-order valence-corrected chi connectivity index (χ3v) is 15.2. The molecule has 0 heterocycles. The van der Waals surface area contributed by atoms with Gasteiger partial charge in [0.25, 0.3) is 0 Å². The van der Waals surface area contributed by atoms with Crippen LogP contribution in [0.3, 0.4) is 0 Å². The maximum absolute atomic E-state index is 12.9. The lowest BCUT2D eigenvalue weighted by atomic mass is 10.0. The van der Waals surface area contributed by atoms with Crippen molar-refractivity contribution in [2.24, 2.45) is 0 Å². The first-order chi connectivity index (χ1) is 39.0. The van der Waals surface area contributed by atoms with E-state index in [2.05, 4.69) is 93.7 Å². The van der Waals surface area contributed by atoms with Gasteiger partial charge in [0.1, 0.15) is 13.2 Å². The van der Waals surface area contributed by atoms with Crippen LogP contribution in [-0.2, 0) is 28.6 Å². The molecule has 0 rings (SSSR count). The maximum Gasteiger partial charge on any atom is 0.306 e. The number of esters is 3. The summed E-state index contributed by atoms with van der Waals surface area (Å²) in [6, 6.07) is 0. The van der Waals surface area contributed by atoms with Crippen molar-refractivity contribution in [2.75, 3.05) is 13.2 Å². The number of unbranched alkanes of at least 4 members (excludes halogenated alkanes) is 40. The average Bonchev–Trinajstić information content (AvgIpc) is 3.45. The summed E-state index contributed by atoms with van der Waals surface area (Å²) in [6.07, 6.45) is 88.2. The van der Waals surface area contributed by atoms with E-state index in [0.29, 0.717) is 19.3 Å². The highest BCUT2D eigenvalue weighted by Gasteiger charge is 2.19. The number of hydrogen-bond donors (Lipinski definition) is 0. The number of carbonyl (C=O) groups is 3. The standard InChI is InChI=1S/C73H130O6/c1-4-7-10-13-16-19-21-23-25-27-29-30-31-32-33-34-35-36-37-38-39-40-41-42-44-45-47-49-51-54-57-60-63-66-72(75)78-69-70(68-77-71(74)65-62-59-56-53-18-15-12-9-6-3)79-73(76)67-64-61-58-55-52-50-48-46-43-28-26-24-22-20-17-14-11-8-5-2/h8,11,17,20,24,26-27,29,43,46,50,52,70H,4-7,9-10,12-16,18-19,21-23,25,28,30-42,44-45,47-49,51,53-69H2,1-3H3/b11-8-,20-17-,26-24-,29-27-,46-43-,52-50-. The lowest BCUT2D eigenvalue weighted by molar-refractivity contribution is -0.167. The molecular weight excluding hydrogens is 973 g/mol. The van der Waals surface area contributed by atoms with Gasteiger partial charge in [0, 0.05) is 19.3 Å². The topological polar surface area (TPSA) is 78.9 Å². The van der Waals surface area contributed by atoms with Gasteiger partial charge in [-0.2, -0.15) is 0 Å². The maximum atomic E-state index is 12.9. The zero-order chi connectivity index (χ0) is 57.1. The summed E-state index contributed by atoms with van der Waals surface area (Å²) < 4.78 is 16.9. The summed E-state index contributed by atoms with van der Waals surface area (Å²) in [7, 11) is 0. The van der Waals surface area contributed by atoms with Crippen LogP contribution in [0.5, 0.6) is 0 Å². The second-order valence-corrected chi connectivity index (χ2v) is 23.1. The molecule has 1 atom stereocenters. The Bertz CT molecular complexity index is 1450. The number of ether oxygens (including phenoxy) is 3. The fraction of sp³-hybridized carbons (Fsp3) is 0.795. The highest BCUT2D eigenvalue weighted by atomic mass is 16.6. The molecule has 458 valence electrons. The van der Waals surface area contributed by atoms with Crippen molar-refractivity contribution in [3.63, 3.8) is 0 Å². The first-order valence-electron chi connectivity index (χ1n) is 34.4. The molecule has 0 amide bonds. The number of carbonyl (C=O) groups excluding carboxylic acids is 3. The molecule has 0 radical (unpaired) electrons. The van der Waals surface area contributed by atoms with E-state index in [0.717, 1.165) is 96.3 Å². The van der Waals surface area contributed by atoms with E-state index in [1.54, 1.807) is 0 Å². The fourth-order valence-corrected chi connectivity index (χ4v) is 10.1. The minimum Gasteiger partial charge on any atom is -0.462 e. The normalized spacial score (nSPS) is 12.5. The van der Waals surface area contributed by atoms with E-state index >= 15 is 0 Å². The van der Waals surface area contributed by atoms with Crippen molar-refractivity contribution in [2.45, 2.75) is 361 Å². The lowest BCUT2D eigenvalue weighted by Gasteiger charge is -2.18. The van der Waals surface area contributed by atoms with Crippen molar-refractivity contribution in [3.8, 4) is 0 Å². The van der Waals surface area contributed by atoms with Gasteiger partial charge < -0.3 is 14.2 Å². The minimum atomic E-state index is -0.790. The molecule has 0 aromatic heterocycles. The van der Waals surface area contributed by atoms with Crippen LogP contribution in [0.15, 0.2) is 72.9 Å². The minimum absolute atomic E-state index is 0.0850. The van der Waals surface area contributed by atoms with Gasteiger partial charge >= 0.3 is 17.9 Å². The molecule has 6 nitrogen and oxygen atoms in total. The molecule has 0 saturated heterocycles. The van der Waals surface area contributed by atoms with E-state index in [1.807, 2.05) is 0 Å². The molecule has 0 spiro atoms. The smallest absolute Gasteiger partial charge is 0.306 e. The molecule has 0 bridgehead atoms. The molecule has 0 saturated carbocycles. The zero-order valence-electron chi connectivity index (χ0n) is 52.6. The summed E-state index contributed by atoms with van der Waals surface area (Å²) >= 11 is 0. The molecule has 0 N–H and O–H groups in total. The Kier molecular flexibility index (Phi) is 64.7. The third-order valence-electron chi connectivity index (χ3n) is 15.2. The zero-order valence-corrected chi connectivity index (χ0v) is 52.6. The van der Waals surface area contributed by atoms with Gasteiger partial charge in [-0.15, -0.1) is 0 Å². The Morgan fingerprint density at radius 3 is 0.797 bits per heavy atom. The Morgan fingerprint density at radius 2 is 0.494 bits per heavy atom. The van der Waals surface area contributed by atoms with E-state index in [1.165, 1.54) is 218 Å². The van der Waals surface area contributed by atoms with Crippen LogP contribution in [-0.4, -0.2) is 37.2 Å². The van der Waals surface area contributed by atoms with E-state index < -0.39 is 6.10 Å². The summed E-state index contributed by atoms with van der Waals surface area (Å²) in [5.41, 5.74) is 0. The molecule has 0 fully saturated rings. The Labute approximate surface area is 491 Å². The lowest BCUT2D eigenvalue weighted by Crippen LogP contribution is -2.30.